The zero-order chi connectivity index (χ0) is 15.3. The predicted molar refractivity (Wildman–Crippen MR) is 76.2 cm³/mol. The van der Waals surface area contributed by atoms with Gasteiger partial charge in [0.15, 0.2) is 0 Å². The average molecular weight is 301 g/mol. The van der Waals surface area contributed by atoms with Crippen LogP contribution in [0, 0.1) is 0 Å². The summed E-state index contributed by atoms with van der Waals surface area (Å²) in [4.78, 5) is 12.5. The Bertz CT molecular complexity index is 555. The molecule has 0 fully saturated rings. The second kappa shape index (κ2) is 6.69. The summed E-state index contributed by atoms with van der Waals surface area (Å²) in [6.07, 6.45) is 0.0321. The first-order chi connectivity index (χ1) is 9.24. The zero-order valence-corrected chi connectivity index (χ0v) is 12.2. The van der Waals surface area contributed by atoms with E-state index in [-0.39, 0.29) is 17.9 Å². The molecule has 1 atom stereocenters. The smallest absolute Gasteiger partial charge is 0.320 e. The van der Waals surface area contributed by atoms with Crippen LogP contribution < -0.4 is 15.4 Å². The van der Waals surface area contributed by atoms with E-state index in [0.29, 0.717) is 0 Å². The summed E-state index contributed by atoms with van der Waals surface area (Å²) >= 11 is 0. The quantitative estimate of drug-likeness (QED) is 0.644. The van der Waals surface area contributed by atoms with Crippen LogP contribution in [0.4, 0.5) is 5.69 Å². The Kier molecular flexibility index (Phi) is 5.49. The summed E-state index contributed by atoms with van der Waals surface area (Å²) < 4.78 is 26.2. The predicted octanol–water partition coefficient (Wildman–Crippen LogP) is -0.167. The molecule has 1 aromatic carbocycles. The third-order valence-corrected chi connectivity index (χ3v) is 4.20. The van der Waals surface area contributed by atoms with Crippen LogP contribution in [0.25, 0.3) is 0 Å². The van der Waals surface area contributed by atoms with E-state index in [1.54, 1.807) is 12.1 Å². The maximum Gasteiger partial charge on any atom is 0.320 e. The van der Waals surface area contributed by atoms with E-state index in [0.717, 1.165) is 5.69 Å². The van der Waals surface area contributed by atoms with E-state index in [4.69, 9.17) is 10.8 Å². The fourth-order valence-corrected chi connectivity index (χ4v) is 2.53. The van der Waals surface area contributed by atoms with Gasteiger partial charge in [0, 0.05) is 26.3 Å². The van der Waals surface area contributed by atoms with Crippen molar-refractivity contribution in [2.24, 2.45) is 5.73 Å². The first-order valence-electron chi connectivity index (χ1n) is 5.99. The van der Waals surface area contributed by atoms with Gasteiger partial charge in [0.25, 0.3) is 0 Å². The number of sulfonamides is 1. The van der Waals surface area contributed by atoms with Crippen molar-refractivity contribution in [1.29, 1.82) is 0 Å². The third kappa shape index (κ3) is 4.48. The molecule has 0 aliphatic rings. The fraction of sp³-hybridized carbons (Fsp3) is 0.417. The van der Waals surface area contributed by atoms with Crippen LogP contribution in [0.15, 0.2) is 29.2 Å². The molecule has 1 rings (SSSR count). The molecule has 0 aliphatic heterocycles. The number of carbonyl (C=O) groups is 1. The first kappa shape index (κ1) is 16.4. The van der Waals surface area contributed by atoms with Gasteiger partial charge in [0.05, 0.1) is 4.90 Å². The van der Waals surface area contributed by atoms with Gasteiger partial charge in [0.1, 0.15) is 6.04 Å². The molecule has 8 heteroatoms. The highest BCUT2D eigenvalue weighted by Gasteiger charge is 2.16. The molecule has 1 unspecified atom stereocenters. The Hall–Kier alpha value is -1.64. The second-order valence-electron chi connectivity index (χ2n) is 4.52. The number of nitrogens with two attached hydrogens (primary N) is 1. The molecule has 7 nitrogen and oxygen atoms in total. The van der Waals surface area contributed by atoms with Gasteiger partial charge >= 0.3 is 5.97 Å². The molecule has 0 radical (unpaired) electrons. The fourth-order valence-electron chi connectivity index (χ4n) is 1.48. The van der Waals surface area contributed by atoms with E-state index in [9.17, 15) is 13.2 Å². The highest BCUT2D eigenvalue weighted by atomic mass is 32.2. The lowest BCUT2D eigenvalue weighted by Crippen LogP contribution is -2.35. The Morgan fingerprint density at radius 1 is 1.35 bits per heavy atom. The molecule has 112 valence electrons. The SMILES string of the molecule is CN(C)c1ccc(S(=O)(=O)NCCC(N)C(=O)O)cc1. The van der Waals surface area contributed by atoms with Crippen LogP contribution in [0.1, 0.15) is 6.42 Å². The molecule has 20 heavy (non-hydrogen) atoms. The number of rotatable bonds is 7. The van der Waals surface area contributed by atoms with E-state index in [2.05, 4.69) is 4.72 Å². The third-order valence-electron chi connectivity index (χ3n) is 2.73. The molecule has 0 saturated carbocycles. The summed E-state index contributed by atoms with van der Waals surface area (Å²) in [6, 6.07) is 5.30. The zero-order valence-electron chi connectivity index (χ0n) is 11.4. The number of aliphatic carboxylic acids is 1. The first-order valence-corrected chi connectivity index (χ1v) is 7.48. The van der Waals surface area contributed by atoms with Crippen LogP contribution in [0.2, 0.25) is 0 Å². The Morgan fingerprint density at radius 2 is 1.90 bits per heavy atom. The molecule has 0 spiro atoms. The molecular formula is C12H19N3O4S. The van der Waals surface area contributed by atoms with Crippen LogP contribution in [0.5, 0.6) is 0 Å². The number of carboxylic acids is 1. The number of nitrogens with one attached hydrogen (secondary N) is 1. The van der Waals surface area contributed by atoms with E-state index in [1.807, 2.05) is 19.0 Å². The largest absolute Gasteiger partial charge is 0.480 e. The van der Waals surface area contributed by atoms with Gasteiger partial charge in [-0.25, -0.2) is 13.1 Å². The van der Waals surface area contributed by atoms with Gasteiger partial charge < -0.3 is 15.7 Å². The minimum Gasteiger partial charge on any atom is -0.480 e. The molecule has 0 amide bonds. The molecule has 0 aromatic heterocycles. The second-order valence-corrected chi connectivity index (χ2v) is 6.29. The summed E-state index contributed by atoms with van der Waals surface area (Å²) in [5.41, 5.74) is 6.18. The van der Waals surface area contributed by atoms with Gasteiger partial charge in [-0.15, -0.1) is 0 Å². The summed E-state index contributed by atoms with van der Waals surface area (Å²) in [7, 11) is 0.0713. The van der Waals surface area contributed by atoms with Gasteiger partial charge in [-0.05, 0) is 30.7 Å². The van der Waals surface area contributed by atoms with Crippen LogP contribution >= 0.6 is 0 Å². The van der Waals surface area contributed by atoms with Crippen molar-refractivity contribution in [2.75, 3.05) is 25.5 Å². The van der Waals surface area contributed by atoms with E-state index < -0.39 is 22.0 Å². The Labute approximate surface area is 118 Å². The molecule has 0 saturated heterocycles. The average Bonchev–Trinajstić information content (AvgIpc) is 2.38. The molecule has 0 aliphatic carbocycles. The minimum atomic E-state index is -3.64. The summed E-state index contributed by atoms with van der Waals surface area (Å²) in [5, 5.41) is 8.60. The van der Waals surface area contributed by atoms with Crippen molar-refractivity contribution in [3.8, 4) is 0 Å². The lowest BCUT2D eigenvalue weighted by atomic mass is 10.2. The van der Waals surface area contributed by atoms with E-state index >= 15 is 0 Å². The van der Waals surface area contributed by atoms with Crippen molar-refractivity contribution in [3.05, 3.63) is 24.3 Å². The summed E-state index contributed by atoms with van der Waals surface area (Å²) in [5.74, 6) is -1.15. The molecule has 0 bridgehead atoms. The van der Waals surface area contributed by atoms with Crippen molar-refractivity contribution in [2.45, 2.75) is 17.4 Å². The van der Waals surface area contributed by atoms with Crippen molar-refractivity contribution < 1.29 is 18.3 Å². The van der Waals surface area contributed by atoms with Crippen LogP contribution in [-0.4, -0.2) is 46.2 Å². The Balaban J connectivity index is 2.67. The topological polar surface area (TPSA) is 113 Å². The number of benzene rings is 1. The van der Waals surface area contributed by atoms with Gasteiger partial charge in [-0.1, -0.05) is 0 Å². The summed E-state index contributed by atoms with van der Waals surface area (Å²) in [6.45, 7) is -0.0226. The van der Waals surface area contributed by atoms with Crippen molar-refractivity contribution in [1.82, 2.24) is 4.72 Å². The van der Waals surface area contributed by atoms with Crippen molar-refractivity contribution in [3.63, 3.8) is 0 Å². The monoisotopic (exact) mass is 301 g/mol. The van der Waals surface area contributed by atoms with Gasteiger partial charge in [-0.2, -0.15) is 0 Å². The lowest BCUT2D eigenvalue weighted by molar-refractivity contribution is -0.138. The number of nitrogens with zero attached hydrogens (tertiary/aromatic N) is 1. The number of hydrogen-bond acceptors (Lipinski definition) is 5. The number of carboxylic acid groups (broad SMARTS) is 1. The lowest BCUT2D eigenvalue weighted by Gasteiger charge is -2.13. The highest BCUT2D eigenvalue weighted by molar-refractivity contribution is 7.89. The van der Waals surface area contributed by atoms with Gasteiger partial charge in [0.2, 0.25) is 10.0 Å². The van der Waals surface area contributed by atoms with Crippen LogP contribution in [-0.2, 0) is 14.8 Å². The molecule has 4 N–H and O–H groups in total. The van der Waals surface area contributed by atoms with Crippen LogP contribution in [0.3, 0.4) is 0 Å². The standard InChI is InChI=1S/C12H19N3O4S/c1-15(2)9-3-5-10(6-4-9)20(18,19)14-8-7-11(13)12(16)17/h3-6,11,14H,7-8,13H2,1-2H3,(H,16,17). The number of anilines is 1. The maximum absolute atomic E-state index is 12.0. The minimum absolute atomic E-state index is 0.0226. The van der Waals surface area contributed by atoms with E-state index in [1.165, 1.54) is 12.1 Å². The molecule has 0 heterocycles. The normalized spacial score (nSPS) is 12.9. The van der Waals surface area contributed by atoms with Gasteiger partial charge in [-0.3, -0.25) is 4.79 Å². The highest BCUT2D eigenvalue weighted by Crippen LogP contribution is 2.15. The Morgan fingerprint density at radius 3 is 2.35 bits per heavy atom. The molecular weight excluding hydrogens is 282 g/mol. The molecule has 1 aromatic rings. The number of hydrogen-bond donors (Lipinski definition) is 3. The van der Waals surface area contributed by atoms with Crippen molar-refractivity contribution >= 4 is 21.7 Å². The maximum atomic E-state index is 12.0.